The SMILES string of the molecule is Cc1nc2cc(F)ccc2cc1C(=O)N1CCN(c2ccccc2F)CC1. The summed E-state index contributed by atoms with van der Waals surface area (Å²) in [4.78, 5) is 21.1. The van der Waals surface area contributed by atoms with Gasteiger partial charge in [0, 0.05) is 37.6 Å². The number of hydrogen-bond donors (Lipinski definition) is 0. The molecule has 4 nitrogen and oxygen atoms in total. The van der Waals surface area contributed by atoms with Gasteiger partial charge in [0.25, 0.3) is 5.91 Å². The Hall–Kier alpha value is -3.02. The zero-order valence-electron chi connectivity index (χ0n) is 15.0. The third kappa shape index (κ3) is 3.35. The van der Waals surface area contributed by atoms with E-state index in [4.69, 9.17) is 0 Å². The number of carbonyl (C=O) groups is 1. The van der Waals surface area contributed by atoms with Crippen molar-refractivity contribution in [2.45, 2.75) is 6.92 Å². The molecular formula is C21H19F2N3O. The van der Waals surface area contributed by atoms with Crippen molar-refractivity contribution in [3.8, 4) is 0 Å². The number of aromatic nitrogens is 1. The van der Waals surface area contributed by atoms with Gasteiger partial charge in [-0.2, -0.15) is 0 Å². The standard InChI is InChI=1S/C21H19F2N3O/c1-14-17(12-15-6-7-16(22)13-19(15)24-14)21(27)26-10-8-25(9-11-26)20-5-3-2-4-18(20)23/h2-7,12-13H,8-11H2,1H3. The highest BCUT2D eigenvalue weighted by Gasteiger charge is 2.25. The zero-order chi connectivity index (χ0) is 19.0. The van der Waals surface area contributed by atoms with Crippen LogP contribution in [0.2, 0.25) is 0 Å². The van der Waals surface area contributed by atoms with Crippen molar-refractivity contribution in [1.29, 1.82) is 0 Å². The Labute approximate surface area is 156 Å². The first-order valence-electron chi connectivity index (χ1n) is 8.88. The molecule has 0 aliphatic carbocycles. The van der Waals surface area contributed by atoms with Crippen LogP contribution >= 0.6 is 0 Å². The van der Waals surface area contributed by atoms with Crippen LogP contribution in [0.15, 0.2) is 48.5 Å². The molecule has 6 heteroatoms. The summed E-state index contributed by atoms with van der Waals surface area (Å²) in [5.41, 5.74) is 2.20. The third-order valence-electron chi connectivity index (χ3n) is 4.96. The summed E-state index contributed by atoms with van der Waals surface area (Å²) in [6.07, 6.45) is 0. The van der Waals surface area contributed by atoms with Crippen molar-refractivity contribution in [1.82, 2.24) is 9.88 Å². The number of para-hydroxylation sites is 1. The van der Waals surface area contributed by atoms with Gasteiger partial charge in [-0.15, -0.1) is 0 Å². The maximum absolute atomic E-state index is 14.0. The molecular weight excluding hydrogens is 348 g/mol. The number of piperazine rings is 1. The molecule has 1 amide bonds. The quantitative estimate of drug-likeness (QED) is 0.692. The van der Waals surface area contributed by atoms with E-state index in [1.54, 1.807) is 36.1 Å². The van der Waals surface area contributed by atoms with E-state index in [1.807, 2.05) is 11.0 Å². The van der Waals surface area contributed by atoms with Crippen molar-refractivity contribution >= 4 is 22.5 Å². The highest BCUT2D eigenvalue weighted by molar-refractivity contribution is 5.98. The van der Waals surface area contributed by atoms with E-state index >= 15 is 0 Å². The fourth-order valence-electron chi connectivity index (χ4n) is 3.48. The lowest BCUT2D eigenvalue weighted by molar-refractivity contribution is 0.0745. The Morgan fingerprint density at radius 1 is 1.00 bits per heavy atom. The molecule has 0 N–H and O–H groups in total. The normalized spacial score (nSPS) is 14.6. The molecule has 1 fully saturated rings. The number of rotatable bonds is 2. The van der Waals surface area contributed by atoms with E-state index in [1.165, 1.54) is 18.2 Å². The molecule has 0 radical (unpaired) electrons. The molecule has 0 spiro atoms. The second-order valence-electron chi connectivity index (χ2n) is 6.69. The van der Waals surface area contributed by atoms with Crippen LogP contribution in [0.25, 0.3) is 10.9 Å². The molecule has 1 aliphatic heterocycles. The lowest BCUT2D eigenvalue weighted by Gasteiger charge is -2.36. The summed E-state index contributed by atoms with van der Waals surface area (Å²) < 4.78 is 27.3. The first-order valence-corrected chi connectivity index (χ1v) is 8.88. The number of fused-ring (bicyclic) bond motifs is 1. The molecule has 0 atom stereocenters. The van der Waals surface area contributed by atoms with Gasteiger partial charge < -0.3 is 9.80 Å². The molecule has 0 bridgehead atoms. The first-order chi connectivity index (χ1) is 13.0. The fourth-order valence-corrected chi connectivity index (χ4v) is 3.48. The Morgan fingerprint density at radius 2 is 1.74 bits per heavy atom. The van der Waals surface area contributed by atoms with Gasteiger partial charge in [-0.1, -0.05) is 12.1 Å². The summed E-state index contributed by atoms with van der Waals surface area (Å²) in [6.45, 7) is 3.91. The molecule has 1 aliphatic rings. The smallest absolute Gasteiger partial charge is 0.255 e. The van der Waals surface area contributed by atoms with E-state index in [0.717, 1.165) is 5.39 Å². The highest BCUT2D eigenvalue weighted by Crippen LogP contribution is 2.22. The lowest BCUT2D eigenvalue weighted by atomic mass is 10.1. The molecule has 2 aromatic carbocycles. The van der Waals surface area contributed by atoms with Crippen molar-refractivity contribution < 1.29 is 13.6 Å². The van der Waals surface area contributed by atoms with Gasteiger partial charge in [0.15, 0.2) is 0 Å². The number of anilines is 1. The summed E-state index contributed by atoms with van der Waals surface area (Å²) in [7, 11) is 0. The van der Waals surface area contributed by atoms with Crippen LogP contribution in [0.5, 0.6) is 0 Å². The van der Waals surface area contributed by atoms with Gasteiger partial charge in [-0.05, 0) is 37.3 Å². The molecule has 3 aromatic rings. The predicted octanol–water partition coefficient (Wildman–Crippen LogP) is 3.78. The number of hydrogen-bond acceptors (Lipinski definition) is 3. The average molecular weight is 367 g/mol. The van der Waals surface area contributed by atoms with Crippen molar-refractivity contribution in [2.24, 2.45) is 0 Å². The first kappa shape index (κ1) is 17.4. The van der Waals surface area contributed by atoms with Crippen molar-refractivity contribution in [3.05, 3.63) is 71.4 Å². The minimum atomic E-state index is -0.349. The van der Waals surface area contributed by atoms with Crippen LogP contribution in [-0.4, -0.2) is 42.0 Å². The minimum absolute atomic E-state index is 0.0978. The largest absolute Gasteiger partial charge is 0.366 e. The summed E-state index contributed by atoms with van der Waals surface area (Å²) in [5, 5.41) is 0.732. The van der Waals surface area contributed by atoms with Crippen LogP contribution in [0, 0.1) is 18.6 Å². The Morgan fingerprint density at radius 3 is 2.48 bits per heavy atom. The van der Waals surface area contributed by atoms with E-state index < -0.39 is 0 Å². The number of benzene rings is 2. The Bertz CT molecular complexity index is 1010. The Balaban J connectivity index is 1.53. The minimum Gasteiger partial charge on any atom is -0.366 e. The molecule has 4 rings (SSSR count). The predicted molar refractivity (Wildman–Crippen MR) is 101 cm³/mol. The van der Waals surface area contributed by atoms with Crippen LogP contribution in [0.4, 0.5) is 14.5 Å². The molecule has 138 valence electrons. The van der Waals surface area contributed by atoms with Crippen molar-refractivity contribution in [3.63, 3.8) is 0 Å². The maximum Gasteiger partial charge on any atom is 0.255 e. The molecule has 1 saturated heterocycles. The van der Waals surface area contributed by atoms with Gasteiger partial charge in [0.2, 0.25) is 0 Å². The van der Waals surface area contributed by atoms with Gasteiger partial charge in [-0.25, -0.2) is 8.78 Å². The Kier molecular flexibility index (Phi) is 4.48. The van der Waals surface area contributed by atoms with E-state index in [-0.39, 0.29) is 17.5 Å². The average Bonchev–Trinajstić information content (AvgIpc) is 2.67. The maximum atomic E-state index is 14.0. The molecule has 2 heterocycles. The van der Waals surface area contributed by atoms with E-state index in [0.29, 0.717) is 48.6 Å². The van der Waals surface area contributed by atoms with Gasteiger partial charge >= 0.3 is 0 Å². The monoisotopic (exact) mass is 367 g/mol. The van der Waals surface area contributed by atoms with Crippen LogP contribution in [0.1, 0.15) is 16.1 Å². The zero-order valence-corrected chi connectivity index (χ0v) is 15.0. The van der Waals surface area contributed by atoms with Crippen LogP contribution in [-0.2, 0) is 0 Å². The second-order valence-corrected chi connectivity index (χ2v) is 6.69. The van der Waals surface area contributed by atoms with Crippen LogP contribution < -0.4 is 4.90 Å². The van der Waals surface area contributed by atoms with E-state index in [2.05, 4.69) is 4.98 Å². The number of halogens is 2. The fraction of sp³-hybridized carbons (Fsp3) is 0.238. The van der Waals surface area contributed by atoms with Gasteiger partial charge in [0.1, 0.15) is 11.6 Å². The topological polar surface area (TPSA) is 36.4 Å². The van der Waals surface area contributed by atoms with E-state index in [9.17, 15) is 13.6 Å². The molecule has 0 saturated carbocycles. The second kappa shape index (κ2) is 6.95. The number of aryl methyl sites for hydroxylation is 1. The van der Waals surface area contributed by atoms with Gasteiger partial charge in [-0.3, -0.25) is 9.78 Å². The van der Waals surface area contributed by atoms with Crippen LogP contribution in [0.3, 0.4) is 0 Å². The summed E-state index contributed by atoms with van der Waals surface area (Å²) in [6, 6.07) is 12.8. The van der Waals surface area contributed by atoms with Crippen molar-refractivity contribution in [2.75, 3.05) is 31.1 Å². The summed E-state index contributed by atoms with van der Waals surface area (Å²) in [5.74, 6) is -0.698. The lowest BCUT2D eigenvalue weighted by Crippen LogP contribution is -2.49. The number of carbonyl (C=O) groups excluding carboxylic acids is 1. The molecule has 0 unspecified atom stereocenters. The molecule has 1 aromatic heterocycles. The highest BCUT2D eigenvalue weighted by atomic mass is 19.1. The molecule has 27 heavy (non-hydrogen) atoms. The number of pyridine rings is 1. The number of amides is 1. The summed E-state index contributed by atoms with van der Waals surface area (Å²) >= 11 is 0. The third-order valence-corrected chi connectivity index (χ3v) is 4.96. The number of nitrogens with zero attached hydrogens (tertiary/aromatic N) is 3. The van der Waals surface area contributed by atoms with Gasteiger partial charge in [0.05, 0.1) is 22.5 Å².